The highest BCUT2D eigenvalue weighted by molar-refractivity contribution is 7.17. The fourth-order valence-electron chi connectivity index (χ4n) is 4.39. The minimum Gasteiger partial charge on any atom is -0.495 e. The van der Waals surface area contributed by atoms with Crippen LogP contribution in [0.15, 0.2) is 29.1 Å². The Balaban J connectivity index is 1.77. The number of rotatable bonds is 5. The first kappa shape index (κ1) is 22.1. The van der Waals surface area contributed by atoms with Gasteiger partial charge in [0.05, 0.1) is 25.3 Å². The zero-order valence-electron chi connectivity index (χ0n) is 18.6. The number of aromatic nitrogens is 1. The monoisotopic (exact) mass is 454 g/mol. The van der Waals surface area contributed by atoms with Crippen molar-refractivity contribution in [3.05, 3.63) is 56.2 Å². The molecule has 0 spiro atoms. The Labute approximate surface area is 190 Å². The topological polar surface area (TPSA) is 86.6 Å². The first-order chi connectivity index (χ1) is 15.4. The van der Waals surface area contributed by atoms with Crippen LogP contribution in [0, 0.1) is 6.92 Å². The number of pyridine rings is 1. The molecule has 8 heteroatoms. The number of ether oxygens (including phenoxy) is 2. The maximum Gasteiger partial charge on any atom is 0.341 e. The number of nitrogens with zero attached hydrogens (tertiary/aromatic N) is 1. The number of carbonyl (C=O) groups excluding carboxylic acids is 2. The average molecular weight is 455 g/mol. The normalized spacial score (nSPS) is 14.0. The maximum absolute atomic E-state index is 13.3. The van der Waals surface area contributed by atoms with Crippen LogP contribution in [-0.2, 0) is 22.4 Å². The van der Waals surface area contributed by atoms with E-state index in [4.69, 9.17) is 9.47 Å². The van der Waals surface area contributed by atoms with Gasteiger partial charge in [-0.3, -0.25) is 14.2 Å². The largest absolute Gasteiger partial charge is 0.495 e. The van der Waals surface area contributed by atoms with Crippen LogP contribution in [0.1, 0.15) is 52.2 Å². The van der Waals surface area contributed by atoms with Crippen LogP contribution >= 0.6 is 11.3 Å². The molecule has 1 aromatic carbocycles. The molecule has 1 aliphatic carbocycles. The standard InChI is InChI=1S/C24H26N2O5S/c1-13-12-19(27)26(21-15(13)9-7-10-17(21)30-3)14(2)22(28)25-23-20(24(29)31-4)16-8-5-6-11-18(16)32-23/h7,9-10,12,14H,5-6,8,11H2,1-4H3,(H,25,28). The molecule has 3 aromatic rings. The molecule has 1 aliphatic rings. The predicted molar refractivity (Wildman–Crippen MR) is 125 cm³/mol. The molecule has 1 N–H and O–H groups in total. The summed E-state index contributed by atoms with van der Waals surface area (Å²) in [6, 6.07) is 6.22. The van der Waals surface area contributed by atoms with E-state index in [0.29, 0.717) is 21.8 Å². The van der Waals surface area contributed by atoms with Crippen molar-refractivity contribution < 1.29 is 19.1 Å². The molecule has 0 saturated heterocycles. The number of anilines is 1. The molecule has 0 fully saturated rings. The molecule has 4 rings (SSSR count). The highest BCUT2D eigenvalue weighted by Crippen LogP contribution is 2.39. The van der Waals surface area contributed by atoms with Crippen molar-refractivity contribution in [2.24, 2.45) is 0 Å². The number of benzene rings is 1. The Morgan fingerprint density at radius 2 is 1.94 bits per heavy atom. The summed E-state index contributed by atoms with van der Waals surface area (Å²) in [6.07, 6.45) is 3.74. The number of amides is 1. The van der Waals surface area contributed by atoms with Crippen LogP contribution in [-0.4, -0.2) is 30.7 Å². The van der Waals surface area contributed by atoms with Gasteiger partial charge in [0.1, 0.15) is 16.8 Å². The van der Waals surface area contributed by atoms with Gasteiger partial charge in [-0.15, -0.1) is 11.3 Å². The number of nitrogens with one attached hydrogen (secondary N) is 1. The van der Waals surface area contributed by atoms with Crippen molar-refractivity contribution in [3.8, 4) is 5.75 Å². The molecule has 0 saturated carbocycles. The summed E-state index contributed by atoms with van der Waals surface area (Å²) in [5, 5.41) is 4.23. The summed E-state index contributed by atoms with van der Waals surface area (Å²) in [5.74, 6) is -0.316. The smallest absolute Gasteiger partial charge is 0.341 e. The Hall–Kier alpha value is -3.13. The summed E-state index contributed by atoms with van der Waals surface area (Å²) in [6.45, 7) is 3.53. The van der Waals surface area contributed by atoms with Gasteiger partial charge in [-0.2, -0.15) is 0 Å². The first-order valence-electron chi connectivity index (χ1n) is 10.6. The molecule has 32 heavy (non-hydrogen) atoms. The minimum absolute atomic E-state index is 0.291. The van der Waals surface area contributed by atoms with Crippen LogP contribution in [0.25, 0.3) is 10.9 Å². The third-order valence-electron chi connectivity index (χ3n) is 6.03. The molecular formula is C24H26N2O5S. The summed E-state index contributed by atoms with van der Waals surface area (Å²) < 4.78 is 11.9. The number of esters is 1. The van der Waals surface area contributed by atoms with E-state index < -0.39 is 12.0 Å². The molecule has 1 atom stereocenters. The van der Waals surface area contributed by atoms with Gasteiger partial charge in [0.2, 0.25) is 5.91 Å². The fourth-order valence-corrected chi connectivity index (χ4v) is 5.67. The summed E-state index contributed by atoms with van der Waals surface area (Å²) in [7, 11) is 2.88. The van der Waals surface area contributed by atoms with Gasteiger partial charge in [0.15, 0.2) is 0 Å². The van der Waals surface area contributed by atoms with Gasteiger partial charge in [0, 0.05) is 16.3 Å². The van der Waals surface area contributed by atoms with Crippen molar-refractivity contribution in [1.29, 1.82) is 0 Å². The molecular weight excluding hydrogens is 428 g/mol. The Morgan fingerprint density at radius 1 is 1.19 bits per heavy atom. The van der Waals surface area contributed by atoms with Crippen LogP contribution in [0.3, 0.4) is 0 Å². The van der Waals surface area contributed by atoms with Gasteiger partial charge in [-0.05, 0) is 56.7 Å². The Kier molecular flexibility index (Phi) is 6.06. The molecule has 0 aliphatic heterocycles. The van der Waals surface area contributed by atoms with E-state index >= 15 is 0 Å². The fraction of sp³-hybridized carbons (Fsp3) is 0.375. The molecule has 2 aromatic heterocycles. The van der Waals surface area contributed by atoms with Gasteiger partial charge in [-0.25, -0.2) is 4.79 Å². The van der Waals surface area contributed by atoms with Crippen LogP contribution in [0.2, 0.25) is 0 Å². The third kappa shape index (κ3) is 3.68. The number of carbonyl (C=O) groups is 2. The number of para-hydroxylation sites is 1. The summed E-state index contributed by atoms with van der Waals surface area (Å²) >= 11 is 1.42. The Bertz CT molecular complexity index is 1270. The lowest BCUT2D eigenvalue weighted by Crippen LogP contribution is -2.32. The third-order valence-corrected chi connectivity index (χ3v) is 7.23. The SMILES string of the molecule is COC(=O)c1c(NC(=O)C(C)n2c(=O)cc(C)c3cccc(OC)c32)sc2c1CCCC2. The molecule has 0 radical (unpaired) electrons. The van der Waals surface area contributed by atoms with Crippen molar-refractivity contribution in [2.45, 2.75) is 45.6 Å². The van der Waals surface area contributed by atoms with Gasteiger partial charge >= 0.3 is 5.97 Å². The van der Waals surface area contributed by atoms with E-state index in [1.54, 1.807) is 13.0 Å². The molecule has 0 bridgehead atoms. The van der Waals surface area contributed by atoms with E-state index in [1.165, 1.54) is 36.2 Å². The molecule has 1 unspecified atom stereocenters. The zero-order chi connectivity index (χ0) is 23.0. The van der Waals surface area contributed by atoms with E-state index in [0.717, 1.165) is 47.1 Å². The lowest BCUT2D eigenvalue weighted by molar-refractivity contribution is -0.118. The van der Waals surface area contributed by atoms with E-state index in [-0.39, 0.29) is 11.5 Å². The number of methoxy groups -OCH3 is 2. The first-order valence-corrected chi connectivity index (χ1v) is 11.4. The van der Waals surface area contributed by atoms with Crippen molar-refractivity contribution >= 4 is 39.1 Å². The van der Waals surface area contributed by atoms with E-state index in [1.807, 2.05) is 19.1 Å². The van der Waals surface area contributed by atoms with Gasteiger partial charge < -0.3 is 14.8 Å². The average Bonchev–Trinajstić information content (AvgIpc) is 3.15. The zero-order valence-corrected chi connectivity index (χ0v) is 19.4. The highest BCUT2D eigenvalue weighted by atomic mass is 32.1. The number of thiophene rings is 1. The second-order valence-electron chi connectivity index (χ2n) is 7.96. The van der Waals surface area contributed by atoms with Crippen molar-refractivity contribution in [3.63, 3.8) is 0 Å². The van der Waals surface area contributed by atoms with Crippen LogP contribution < -0.4 is 15.6 Å². The Morgan fingerprint density at radius 3 is 2.66 bits per heavy atom. The van der Waals surface area contributed by atoms with E-state index in [2.05, 4.69) is 5.32 Å². The number of hydrogen-bond acceptors (Lipinski definition) is 6. The number of fused-ring (bicyclic) bond motifs is 2. The van der Waals surface area contributed by atoms with Crippen molar-refractivity contribution in [1.82, 2.24) is 4.57 Å². The lowest BCUT2D eigenvalue weighted by Gasteiger charge is -2.20. The molecule has 168 valence electrons. The second-order valence-corrected chi connectivity index (χ2v) is 9.07. The number of hydrogen-bond donors (Lipinski definition) is 1. The van der Waals surface area contributed by atoms with Gasteiger partial charge in [0.25, 0.3) is 5.56 Å². The highest BCUT2D eigenvalue weighted by Gasteiger charge is 2.29. The molecule has 7 nitrogen and oxygen atoms in total. The maximum atomic E-state index is 13.3. The predicted octanol–water partition coefficient (Wildman–Crippen LogP) is 4.25. The minimum atomic E-state index is -0.827. The van der Waals surface area contributed by atoms with Gasteiger partial charge in [-0.1, -0.05) is 12.1 Å². The number of aryl methyl sites for hydroxylation is 2. The van der Waals surface area contributed by atoms with Crippen LogP contribution in [0.5, 0.6) is 5.75 Å². The molecule has 1 amide bonds. The summed E-state index contributed by atoms with van der Waals surface area (Å²) in [5.41, 5.74) is 2.50. The lowest BCUT2D eigenvalue weighted by atomic mass is 9.95. The quantitative estimate of drug-likeness (QED) is 0.583. The summed E-state index contributed by atoms with van der Waals surface area (Å²) in [4.78, 5) is 39.9. The second kappa shape index (κ2) is 8.78. The van der Waals surface area contributed by atoms with Crippen molar-refractivity contribution in [2.75, 3.05) is 19.5 Å². The molecule has 2 heterocycles. The van der Waals surface area contributed by atoms with E-state index in [9.17, 15) is 14.4 Å². The van der Waals surface area contributed by atoms with Crippen LogP contribution in [0.4, 0.5) is 5.00 Å².